The summed E-state index contributed by atoms with van der Waals surface area (Å²) in [5, 5.41) is 15.7. The van der Waals surface area contributed by atoms with Gasteiger partial charge in [-0.3, -0.25) is 0 Å². The molecule has 1 atom stereocenters. The summed E-state index contributed by atoms with van der Waals surface area (Å²) in [7, 11) is 0. The van der Waals surface area contributed by atoms with Gasteiger partial charge in [0.25, 0.3) is 0 Å². The number of hydrogen-bond donors (Lipinski definition) is 2. The highest BCUT2D eigenvalue weighted by atomic mass is 32.1. The van der Waals surface area contributed by atoms with E-state index in [0.29, 0.717) is 12.0 Å². The first kappa shape index (κ1) is 14.9. The number of aliphatic hydroxyl groups is 1. The van der Waals surface area contributed by atoms with Crippen LogP contribution in [0.1, 0.15) is 18.1 Å². The second-order valence-electron chi connectivity index (χ2n) is 5.18. The minimum absolute atomic E-state index is 0.0914. The molecule has 0 aliphatic heterocycles. The predicted molar refractivity (Wildman–Crippen MR) is 86.5 cm³/mol. The lowest BCUT2D eigenvalue weighted by molar-refractivity contribution is 0.280. The summed E-state index contributed by atoms with van der Waals surface area (Å²) in [6.45, 7) is 1.87. The molecule has 0 spiro atoms. The number of aromatic nitrogens is 2. The minimum Gasteiger partial charge on any atom is -0.392 e. The van der Waals surface area contributed by atoms with Crippen LogP contribution in [0.2, 0.25) is 0 Å². The summed E-state index contributed by atoms with van der Waals surface area (Å²) in [6, 6.07) is 6.60. The Morgan fingerprint density at radius 1 is 1.27 bits per heavy atom. The van der Waals surface area contributed by atoms with Crippen molar-refractivity contribution in [1.82, 2.24) is 9.97 Å². The Morgan fingerprint density at radius 2 is 2.14 bits per heavy atom. The van der Waals surface area contributed by atoms with Crippen molar-refractivity contribution < 1.29 is 9.50 Å². The molecule has 0 fully saturated rings. The first-order valence-corrected chi connectivity index (χ1v) is 7.88. The molecule has 2 heterocycles. The Kier molecular flexibility index (Phi) is 4.31. The van der Waals surface area contributed by atoms with E-state index < -0.39 is 0 Å². The van der Waals surface area contributed by atoms with Gasteiger partial charge in [-0.2, -0.15) is 0 Å². The molecule has 0 aliphatic carbocycles. The van der Waals surface area contributed by atoms with Crippen LogP contribution in [0, 0.1) is 5.82 Å². The van der Waals surface area contributed by atoms with Crippen molar-refractivity contribution in [1.29, 1.82) is 0 Å². The molecule has 0 bridgehead atoms. The molecule has 1 aromatic carbocycles. The van der Waals surface area contributed by atoms with Gasteiger partial charge in [-0.1, -0.05) is 6.07 Å². The number of nitrogens with zero attached hydrogens (tertiary/aromatic N) is 2. The van der Waals surface area contributed by atoms with Crippen molar-refractivity contribution in [3.8, 4) is 0 Å². The first-order chi connectivity index (χ1) is 10.7. The Labute approximate surface area is 131 Å². The highest BCUT2D eigenvalue weighted by Crippen LogP contribution is 2.24. The van der Waals surface area contributed by atoms with E-state index >= 15 is 0 Å². The van der Waals surface area contributed by atoms with Crippen LogP contribution in [0.15, 0.2) is 36.0 Å². The first-order valence-electron chi connectivity index (χ1n) is 7.00. The van der Waals surface area contributed by atoms with E-state index in [-0.39, 0.29) is 18.5 Å². The van der Waals surface area contributed by atoms with Gasteiger partial charge < -0.3 is 10.4 Å². The number of halogens is 1. The highest BCUT2D eigenvalue weighted by Gasteiger charge is 2.11. The van der Waals surface area contributed by atoms with Crippen LogP contribution in [0.4, 0.5) is 10.2 Å². The zero-order chi connectivity index (χ0) is 15.5. The molecule has 22 heavy (non-hydrogen) atoms. The van der Waals surface area contributed by atoms with Crippen LogP contribution >= 0.6 is 11.3 Å². The van der Waals surface area contributed by atoms with Crippen molar-refractivity contribution in [3.63, 3.8) is 0 Å². The Balaban J connectivity index is 1.78. The molecular formula is C16H16FN3OS. The van der Waals surface area contributed by atoms with E-state index in [1.54, 1.807) is 23.7 Å². The van der Waals surface area contributed by atoms with Crippen LogP contribution in [-0.4, -0.2) is 21.1 Å². The molecule has 1 unspecified atom stereocenters. The van der Waals surface area contributed by atoms with Gasteiger partial charge >= 0.3 is 0 Å². The van der Waals surface area contributed by atoms with Crippen LogP contribution in [-0.2, 0) is 13.0 Å². The van der Waals surface area contributed by atoms with Gasteiger partial charge in [-0.05, 0) is 48.1 Å². The van der Waals surface area contributed by atoms with Crippen LogP contribution in [0.5, 0.6) is 0 Å². The number of hydrogen-bond acceptors (Lipinski definition) is 5. The lowest BCUT2D eigenvalue weighted by Gasteiger charge is -2.17. The van der Waals surface area contributed by atoms with Crippen molar-refractivity contribution in [2.75, 3.05) is 5.32 Å². The fourth-order valence-corrected chi connectivity index (χ4v) is 3.19. The summed E-state index contributed by atoms with van der Waals surface area (Å²) >= 11 is 1.57. The maximum Gasteiger partial charge on any atom is 0.138 e. The van der Waals surface area contributed by atoms with Crippen molar-refractivity contribution in [2.45, 2.75) is 26.0 Å². The monoisotopic (exact) mass is 317 g/mol. The zero-order valence-electron chi connectivity index (χ0n) is 12.1. The third-order valence-corrected chi connectivity index (χ3v) is 4.33. The third kappa shape index (κ3) is 3.08. The number of benzene rings is 1. The van der Waals surface area contributed by atoms with E-state index in [0.717, 1.165) is 21.6 Å². The normalized spacial score (nSPS) is 12.5. The predicted octanol–water partition coefficient (Wildman–Crippen LogP) is 3.37. The van der Waals surface area contributed by atoms with Gasteiger partial charge in [-0.15, -0.1) is 11.3 Å². The summed E-state index contributed by atoms with van der Waals surface area (Å²) in [4.78, 5) is 9.46. The second kappa shape index (κ2) is 6.37. The maximum atomic E-state index is 13.2. The fourth-order valence-electron chi connectivity index (χ4n) is 2.46. The topological polar surface area (TPSA) is 58.0 Å². The zero-order valence-corrected chi connectivity index (χ0v) is 12.9. The Morgan fingerprint density at radius 3 is 2.95 bits per heavy atom. The number of thiophene rings is 1. The van der Waals surface area contributed by atoms with Crippen molar-refractivity contribution in [3.05, 3.63) is 52.9 Å². The molecule has 0 saturated carbocycles. The Bertz CT molecular complexity index is 790. The van der Waals surface area contributed by atoms with Gasteiger partial charge in [0.05, 0.1) is 12.0 Å². The molecule has 4 nitrogen and oxygen atoms in total. The van der Waals surface area contributed by atoms with Gasteiger partial charge in [0.1, 0.15) is 22.8 Å². The minimum atomic E-state index is -0.329. The third-order valence-electron chi connectivity index (χ3n) is 3.51. The lowest BCUT2D eigenvalue weighted by atomic mass is 10.0. The summed E-state index contributed by atoms with van der Waals surface area (Å²) in [6.07, 6.45) is 2.22. The summed E-state index contributed by atoms with van der Waals surface area (Å²) in [5.41, 5.74) is 1.55. The van der Waals surface area contributed by atoms with Crippen LogP contribution in [0.25, 0.3) is 10.2 Å². The number of rotatable bonds is 5. The standard InChI is InChI=1S/C16H16FN3OS/c1-10(6-11-2-3-13(17)7-12(11)8-21)20-15-14-4-5-22-16(14)19-9-18-15/h2-5,7,9-10,21H,6,8H2,1H3,(H,18,19,20). The maximum absolute atomic E-state index is 13.2. The average Bonchev–Trinajstić information content (AvgIpc) is 2.98. The van der Waals surface area contributed by atoms with Crippen LogP contribution < -0.4 is 5.32 Å². The summed E-state index contributed by atoms with van der Waals surface area (Å²) in [5.74, 6) is 0.468. The van der Waals surface area contributed by atoms with E-state index in [9.17, 15) is 9.50 Å². The van der Waals surface area contributed by atoms with Crippen LogP contribution in [0.3, 0.4) is 0 Å². The van der Waals surface area contributed by atoms with Crippen molar-refractivity contribution in [2.24, 2.45) is 0 Å². The molecule has 2 N–H and O–H groups in total. The van der Waals surface area contributed by atoms with Gasteiger partial charge in [0.2, 0.25) is 0 Å². The fraction of sp³-hybridized carbons (Fsp3) is 0.250. The van der Waals surface area contributed by atoms with E-state index in [1.807, 2.05) is 18.4 Å². The molecule has 6 heteroatoms. The largest absolute Gasteiger partial charge is 0.392 e. The molecule has 0 saturated heterocycles. The molecule has 0 aliphatic rings. The SMILES string of the molecule is CC(Cc1ccc(F)cc1CO)Nc1ncnc2sccc12. The summed E-state index contributed by atoms with van der Waals surface area (Å²) < 4.78 is 13.2. The smallest absolute Gasteiger partial charge is 0.138 e. The average molecular weight is 317 g/mol. The molecule has 0 amide bonds. The molecule has 3 aromatic rings. The molecule has 3 rings (SSSR count). The molecule has 114 valence electrons. The Hall–Kier alpha value is -2.05. The molecule has 2 aromatic heterocycles. The number of aliphatic hydroxyl groups excluding tert-OH is 1. The van der Waals surface area contributed by atoms with E-state index in [1.165, 1.54) is 12.1 Å². The van der Waals surface area contributed by atoms with E-state index in [2.05, 4.69) is 15.3 Å². The lowest BCUT2D eigenvalue weighted by Crippen LogP contribution is -2.20. The van der Waals surface area contributed by atoms with E-state index in [4.69, 9.17) is 0 Å². The van der Waals surface area contributed by atoms with Gasteiger partial charge in [0, 0.05) is 6.04 Å². The van der Waals surface area contributed by atoms with Gasteiger partial charge in [0.15, 0.2) is 0 Å². The second-order valence-corrected chi connectivity index (χ2v) is 6.08. The van der Waals surface area contributed by atoms with Gasteiger partial charge in [-0.25, -0.2) is 14.4 Å². The molecule has 0 radical (unpaired) electrons. The van der Waals surface area contributed by atoms with Crippen molar-refractivity contribution >= 4 is 27.4 Å². The number of anilines is 1. The highest BCUT2D eigenvalue weighted by molar-refractivity contribution is 7.16. The molecular weight excluding hydrogens is 301 g/mol. The number of nitrogens with one attached hydrogen (secondary N) is 1. The quantitative estimate of drug-likeness (QED) is 0.757. The number of fused-ring (bicyclic) bond motifs is 1.